The number of carbonyl (C=O) groups excluding carboxylic acids is 3. The molecule has 0 heterocycles. The van der Waals surface area contributed by atoms with Crippen molar-refractivity contribution < 1.29 is 23.9 Å². The largest absolute Gasteiger partial charge is 0.494 e. The van der Waals surface area contributed by atoms with Gasteiger partial charge in [-0.2, -0.15) is 5.10 Å². The van der Waals surface area contributed by atoms with Crippen molar-refractivity contribution in [1.29, 1.82) is 0 Å². The predicted octanol–water partition coefficient (Wildman–Crippen LogP) is 5.79. The second-order valence-corrected chi connectivity index (χ2v) is 9.06. The van der Waals surface area contributed by atoms with Gasteiger partial charge in [-0.3, -0.25) is 9.59 Å². The van der Waals surface area contributed by atoms with E-state index in [9.17, 15) is 14.4 Å². The van der Waals surface area contributed by atoms with Crippen LogP contribution in [0, 0.1) is 0 Å². The predicted molar refractivity (Wildman–Crippen MR) is 150 cm³/mol. The summed E-state index contributed by atoms with van der Waals surface area (Å²) < 4.78 is 10.8. The smallest absolute Gasteiger partial charge is 0.343 e. The van der Waals surface area contributed by atoms with Gasteiger partial charge in [0.15, 0.2) is 0 Å². The highest BCUT2D eigenvalue weighted by molar-refractivity contribution is 5.91. The Kier molecular flexibility index (Phi) is 14.9. The number of amides is 2. The molecule has 0 aromatic heterocycles. The third-order valence-electron chi connectivity index (χ3n) is 5.85. The van der Waals surface area contributed by atoms with Gasteiger partial charge in [0.25, 0.3) is 5.91 Å². The number of hydrogen-bond acceptors (Lipinski definition) is 6. The minimum Gasteiger partial charge on any atom is -0.494 e. The fourth-order valence-corrected chi connectivity index (χ4v) is 3.72. The fraction of sp³-hybridized carbons (Fsp3) is 0.467. The van der Waals surface area contributed by atoms with Crippen LogP contribution in [-0.4, -0.2) is 37.1 Å². The lowest BCUT2D eigenvalue weighted by Crippen LogP contribution is -2.34. The maximum absolute atomic E-state index is 12.3. The molecule has 0 bridgehead atoms. The molecule has 8 heteroatoms. The first-order valence-corrected chi connectivity index (χ1v) is 13.7. The van der Waals surface area contributed by atoms with E-state index in [1.54, 1.807) is 48.5 Å². The van der Waals surface area contributed by atoms with Crippen molar-refractivity contribution in [2.75, 3.05) is 13.2 Å². The number of carbonyl (C=O) groups is 3. The zero-order valence-electron chi connectivity index (χ0n) is 22.7. The Bertz CT molecular complexity index is 1000. The number of nitrogens with one attached hydrogen (secondary N) is 2. The maximum atomic E-state index is 12.3. The van der Waals surface area contributed by atoms with E-state index in [-0.39, 0.29) is 12.5 Å². The van der Waals surface area contributed by atoms with Gasteiger partial charge in [-0.25, -0.2) is 10.2 Å². The van der Waals surface area contributed by atoms with E-state index < -0.39 is 11.9 Å². The molecule has 0 saturated carbocycles. The van der Waals surface area contributed by atoms with Gasteiger partial charge in [0.2, 0.25) is 5.91 Å². The summed E-state index contributed by atoms with van der Waals surface area (Å²) in [4.78, 5) is 36.1. The van der Waals surface area contributed by atoms with Crippen molar-refractivity contribution in [2.24, 2.45) is 5.10 Å². The normalized spacial score (nSPS) is 10.8. The lowest BCUT2D eigenvalue weighted by atomic mass is 10.1. The molecular weight excluding hydrogens is 482 g/mol. The maximum Gasteiger partial charge on any atom is 0.343 e. The standard InChI is InChI=1S/C30H41N3O5/c1-3-5-6-7-8-9-10-11-12-13-28(34)31-23-29(35)33-32-22-24-14-18-27(19-15-24)38-30(36)25-16-20-26(21-17-25)37-4-2/h14-22H,3-13,23H2,1-2H3,(H,31,34)(H,33,35)/b32-22-. The summed E-state index contributed by atoms with van der Waals surface area (Å²) in [5.41, 5.74) is 3.52. The number of hydrogen-bond donors (Lipinski definition) is 2. The second-order valence-electron chi connectivity index (χ2n) is 9.06. The topological polar surface area (TPSA) is 106 Å². The number of ether oxygens (including phenoxy) is 2. The van der Waals surface area contributed by atoms with Gasteiger partial charge < -0.3 is 14.8 Å². The number of hydrazone groups is 1. The Hall–Kier alpha value is -3.68. The molecule has 0 aliphatic carbocycles. The van der Waals surface area contributed by atoms with Crippen molar-refractivity contribution in [3.05, 3.63) is 59.7 Å². The van der Waals surface area contributed by atoms with Gasteiger partial charge in [0.05, 0.1) is 24.9 Å². The van der Waals surface area contributed by atoms with Crippen molar-refractivity contribution in [3.63, 3.8) is 0 Å². The van der Waals surface area contributed by atoms with E-state index in [4.69, 9.17) is 9.47 Å². The summed E-state index contributed by atoms with van der Waals surface area (Å²) in [6, 6.07) is 13.4. The Balaban J connectivity index is 1.60. The molecule has 0 spiro atoms. The molecule has 0 unspecified atom stereocenters. The number of esters is 1. The Labute approximate surface area is 226 Å². The van der Waals surface area contributed by atoms with Gasteiger partial charge in [0.1, 0.15) is 11.5 Å². The molecule has 2 amide bonds. The molecule has 2 aromatic rings. The highest BCUT2D eigenvalue weighted by Gasteiger charge is 2.09. The summed E-state index contributed by atoms with van der Waals surface area (Å²) in [7, 11) is 0. The van der Waals surface area contributed by atoms with Crippen LogP contribution >= 0.6 is 0 Å². The molecule has 0 aliphatic rings. The number of rotatable bonds is 18. The molecule has 8 nitrogen and oxygen atoms in total. The Morgan fingerprint density at radius 3 is 2.00 bits per heavy atom. The monoisotopic (exact) mass is 523 g/mol. The van der Waals surface area contributed by atoms with Crippen molar-refractivity contribution in [2.45, 2.75) is 78.1 Å². The van der Waals surface area contributed by atoms with Crippen LogP contribution in [-0.2, 0) is 9.59 Å². The van der Waals surface area contributed by atoms with Gasteiger partial charge in [-0.1, -0.05) is 58.3 Å². The van der Waals surface area contributed by atoms with Gasteiger partial charge in [-0.05, 0) is 67.4 Å². The molecule has 2 aromatic carbocycles. The van der Waals surface area contributed by atoms with E-state index in [1.165, 1.54) is 44.7 Å². The zero-order chi connectivity index (χ0) is 27.4. The van der Waals surface area contributed by atoms with Gasteiger partial charge in [-0.15, -0.1) is 0 Å². The molecule has 0 aliphatic heterocycles. The molecule has 2 N–H and O–H groups in total. The molecule has 0 radical (unpaired) electrons. The van der Waals surface area contributed by atoms with Crippen molar-refractivity contribution >= 4 is 24.0 Å². The minimum atomic E-state index is -0.471. The summed E-state index contributed by atoms with van der Waals surface area (Å²) in [6.45, 7) is 4.55. The quantitative estimate of drug-likeness (QED) is 0.0845. The van der Waals surface area contributed by atoms with Crippen LogP contribution in [0.2, 0.25) is 0 Å². The molecule has 0 atom stereocenters. The average molecular weight is 524 g/mol. The van der Waals surface area contributed by atoms with Crippen LogP contribution in [0.15, 0.2) is 53.6 Å². The van der Waals surface area contributed by atoms with Crippen LogP contribution < -0.4 is 20.2 Å². The first-order chi connectivity index (χ1) is 18.5. The van der Waals surface area contributed by atoms with Crippen LogP contribution in [0.5, 0.6) is 11.5 Å². The van der Waals surface area contributed by atoms with Gasteiger partial charge >= 0.3 is 5.97 Å². The van der Waals surface area contributed by atoms with E-state index >= 15 is 0 Å². The average Bonchev–Trinajstić information content (AvgIpc) is 2.92. The van der Waals surface area contributed by atoms with E-state index in [2.05, 4.69) is 22.8 Å². The van der Waals surface area contributed by atoms with Crippen LogP contribution in [0.25, 0.3) is 0 Å². The third-order valence-corrected chi connectivity index (χ3v) is 5.85. The second kappa shape index (κ2) is 18.5. The van der Waals surface area contributed by atoms with Crippen LogP contribution in [0.1, 0.15) is 94.0 Å². The molecule has 38 heavy (non-hydrogen) atoms. The van der Waals surface area contributed by atoms with Crippen LogP contribution in [0.4, 0.5) is 0 Å². The summed E-state index contributed by atoms with van der Waals surface area (Å²) in [5, 5.41) is 6.53. The molecule has 2 rings (SSSR count). The van der Waals surface area contributed by atoms with Gasteiger partial charge in [0, 0.05) is 6.42 Å². The number of nitrogens with zero attached hydrogens (tertiary/aromatic N) is 1. The summed E-state index contributed by atoms with van der Waals surface area (Å²) in [5.74, 6) is 0.0858. The first-order valence-electron chi connectivity index (χ1n) is 13.7. The van der Waals surface area contributed by atoms with Crippen LogP contribution in [0.3, 0.4) is 0 Å². The lowest BCUT2D eigenvalue weighted by molar-refractivity contribution is -0.126. The summed E-state index contributed by atoms with van der Waals surface area (Å²) in [6.07, 6.45) is 12.6. The first kappa shape index (κ1) is 30.5. The van der Waals surface area contributed by atoms with E-state index in [0.29, 0.717) is 35.7 Å². The number of unbranched alkanes of at least 4 members (excludes halogenated alkanes) is 8. The highest BCUT2D eigenvalue weighted by Crippen LogP contribution is 2.16. The lowest BCUT2D eigenvalue weighted by Gasteiger charge is -2.06. The Morgan fingerprint density at radius 2 is 1.37 bits per heavy atom. The third kappa shape index (κ3) is 13.0. The fourth-order valence-electron chi connectivity index (χ4n) is 3.72. The van der Waals surface area contributed by atoms with Crippen molar-refractivity contribution in [1.82, 2.24) is 10.7 Å². The van der Waals surface area contributed by atoms with E-state index in [0.717, 1.165) is 19.3 Å². The van der Waals surface area contributed by atoms with Crippen molar-refractivity contribution in [3.8, 4) is 11.5 Å². The summed E-state index contributed by atoms with van der Waals surface area (Å²) >= 11 is 0. The SMILES string of the molecule is CCCCCCCCCCCC(=O)NCC(=O)N/N=C\c1ccc(OC(=O)c2ccc(OCC)cc2)cc1. The van der Waals surface area contributed by atoms with E-state index in [1.807, 2.05) is 6.92 Å². The molecular formula is C30H41N3O5. The zero-order valence-corrected chi connectivity index (χ0v) is 22.7. The minimum absolute atomic E-state index is 0.117. The molecule has 206 valence electrons. The molecule has 0 saturated heterocycles. The highest BCUT2D eigenvalue weighted by atomic mass is 16.5. The Morgan fingerprint density at radius 1 is 0.763 bits per heavy atom. The number of benzene rings is 2. The molecule has 0 fully saturated rings.